The number of sulfonamides is 1. The lowest BCUT2D eigenvalue weighted by Crippen LogP contribution is -2.30. The first kappa shape index (κ1) is 21.6. The predicted octanol–water partition coefficient (Wildman–Crippen LogP) is 3.28. The van der Waals surface area contributed by atoms with E-state index in [1.807, 2.05) is 26.0 Å². The highest BCUT2D eigenvalue weighted by Crippen LogP contribution is 2.26. The summed E-state index contributed by atoms with van der Waals surface area (Å²) in [6.07, 6.45) is 0.353. The molecule has 0 radical (unpaired) electrons. The van der Waals surface area contributed by atoms with Crippen molar-refractivity contribution in [3.63, 3.8) is 0 Å². The van der Waals surface area contributed by atoms with Crippen molar-refractivity contribution >= 4 is 27.3 Å². The summed E-state index contributed by atoms with van der Waals surface area (Å²) in [7, 11) is -1.87. The number of amides is 1. The van der Waals surface area contributed by atoms with Gasteiger partial charge in [-0.3, -0.25) is 9.10 Å². The topological polar surface area (TPSA) is 84.9 Å². The molecule has 0 fully saturated rings. The van der Waals surface area contributed by atoms with Gasteiger partial charge in [-0.25, -0.2) is 8.42 Å². The van der Waals surface area contributed by atoms with Crippen molar-refractivity contribution in [2.24, 2.45) is 0 Å². The normalized spacial score (nSPS) is 12.4. The summed E-state index contributed by atoms with van der Waals surface area (Å²) in [5.41, 5.74) is 1.08. The Kier molecular flexibility index (Phi) is 6.90. The average molecular weight is 407 g/mol. The summed E-state index contributed by atoms with van der Waals surface area (Å²) < 4.78 is 35.7. The molecule has 1 N–H and O–H groups in total. The molecule has 0 bridgehead atoms. The Balaban J connectivity index is 2.03. The average Bonchev–Trinajstić information content (AvgIpc) is 2.62. The number of hydrogen-bond acceptors (Lipinski definition) is 5. The standard InChI is InChI=1S/C20H26N2O5S/c1-14(2)26-19-9-7-6-8-18(19)21-20(23)15(3)27-17-12-10-16(11-13-17)22(4)28(5,24)25/h6-15H,1-5H3,(H,21,23)/t15-/m0/s1. The first-order chi connectivity index (χ1) is 13.1. The highest BCUT2D eigenvalue weighted by atomic mass is 32.2. The van der Waals surface area contributed by atoms with Crippen LogP contribution in [0.15, 0.2) is 48.5 Å². The maximum Gasteiger partial charge on any atom is 0.265 e. The Labute approximate surface area is 166 Å². The molecule has 8 heteroatoms. The second-order valence-corrected chi connectivity index (χ2v) is 8.65. The smallest absolute Gasteiger partial charge is 0.265 e. The van der Waals surface area contributed by atoms with Gasteiger partial charge in [0.15, 0.2) is 6.10 Å². The Bertz CT molecular complexity index is 910. The van der Waals surface area contributed by atoms with Crippen LogP contribution in [-0.2, 0) is 14.8 Å². The van der Waals surface area contributed by atoms with Crippen LogP contribution in [0, 0.1) is 0 Å². The molecule has 1 amide bonds. The van der Waals surface area contributed by atoms with Gasteiger partial charge in [-0.1, -0.05) is 12.1 Å². The van der Waals surface area contributed by atoms with Crippen LogP contribution in [0.25, 0.3) is 0 Å². The summed E-state index contributed by atoms with van der Waals surface area (Å²) in [5, 5.41) is 2.81. The fraction of sp³-hybridized carbons (Fsp3) is 0.350. The first-order valence-corrected chi connectivity index (χ1v) is 10.7. The molecule has 0 aliphatic carbocycles. The number of benzene rings is 2. The summed E-state index contributed by atoms with van der Waals surface area (Å²) in [5.74, 6) is 0.725. The lowest BCUT2D eigenvalue weighted by atomic mass is 10.2. The second kappa shape index (κ2) is 8.97. The third-order valence-corrected chi connectivity index (χ3v) is 5.09. The van der Waals surface area contributed by atoms with Gasteiger partial charge in [0.2, 0.25) is 10.0 Å². The fourth-order valence-corrected chi connectivity index (χ4v) is 2.85. The van der Waals surface area contributed by atoms with Crippen LogP contribution in [0.2, 0.25) is 0 Å². The Morgan fingerprint density at radius 2 is 1.61 bits per heavy atom. The molecule has 0 heterocycles. The Hall–Kier alpha value is -2.74. The first-order valence-electron chi connectivity index (χ1n) is 8.85. The number of hydrogen-bond donors (Lipinski definition) is 1. The molecule has 0 aromatic heterocycles. The van der Waals surface area contributed by atoms with E-state index >= 15 is 0 Å². The van der Waals surface area contributed by atoms with Crippen LogP contribution in [-0.4, -0.2) is 39.8 Å². The number of rotatable bonds is 8. The van der Waals surface area contributed by atoms with Crippen LogP contribution in [0.5, 0.6) is 11.5 Å². The highest BCUT2D eigenvalue weighted by molar-refractivity contribution is 7.92. The molecule has 2 aromatic carbocycles. The van der Waals surface area contributed by atoms with Gasteiger partial charge in [-0.2, -0.15) is 0 Å². The van der Waals surface area contributed by atoms with E-state index in [9.17, 15) is 13.2 Å². The largest absolute Gasteiger partial charge is 0.489 e. The zero-order valence-corrected chi connectivity index (χ0v) is 17.5. The maximum absolute atomic E-state index is 12.5. The van der Waals surface area contributed by atoms with E-state index in [2.05, 4.69) is 5.32 Å². The number of anilines is 2. The molecule has 2 aromatic rings. The minimum absolute atomic E-state index is 0.0182. The predicted molar refractivity (Wildman–Crippen MR) is 111 cm³/mol. The molecule has 0 aliphatic rings. The number of para-hydroxylation sites is 2. The van der Waals surface area contributed by atoms with Crippen LogP contribution < -0.4 is 19.1 Å². The zero-order chi connectivity index (χ0) is 20.9. The summed E-state index contributed by atoms with van der Waals surface area (Å²) in [6, 6.07) is 13.7. The Morgan fingerprint density at radius 1 is 1.00 bits per heavy atom. The van der Waals surface area contributed by atoms with Crippen LogP contribution >= 0.6 is 0 Å². The van der Waals surface area contributed by atoms with E-state index in [4.69, 9.17) is 9.47 Å². The number of carbonyl (C=O) groups is 1. The third-order valence-electron chi connectivity index (χ3n) is 3.89. The number of nitrogens with one attached hydrogen (secondary N) is 1. The van der Waals surface area contributed by atoms with E-state index in [0.29, 0.717) is 22.9 Å². The monoisotopic (exact) mass is 406 g/mol. The summed E-state index contributed by atoms with van der Waals surface area (Å²) >= 11 is 0. The maximum atomic E-state index is 12.5. The van der Waals surface area contributed by atoms with Gasteiger partial charge in [0.1, 0.15) is 11.5 Å². The van der Waals surface area contributed by atoms with E-state index < -0.39 is 16.1 Å². The number of nitrogens with zero attached hydrogens (tertiary/aromatic N) is 1. The minimum atomic E-state index is -3.34. The van der Waals surface area contributed by atoms with E-state index in [1.54, 1.807) is 43.3 Å². The number of carbonyl (C=O) groups excluding carboxylic acids is 1. The lowest BCUT2D eigenvalue weighted by molar-refractivity contribution is -0.122. The molecule has 28 heavy (non-hydrogen) atoms. The minimum Gasteiger partial charge on any atom is -0.489 e. The molecule has 0 saturated carbocycles. The van der Waals surface area contributed by atoms with Crippen molar-refractivity contribution in [1.29, 1.82) is 0 Å². The molecule has 1 atom stereocenters. The van der Waals surface area contributed by atoms with Crippen LogP contribution in [0.1, 0.15) is 20.8 Å². The van der Waals surface area contributed by atoms with Crippen LogP contribution in [0.3, 0.4) is 0 Å². The molecule has 0 unspecified atom stereocenters. The molecule has 0 spiro atoms. The zero-order valence-electron chi connectivity index (χ0n) is 16.7. The third kappa shape index (κ3) is 5.88. The SMILES string of the molecule is CC(C)Oc1ccccc1NC(=O)[C@H](C)Oc1ccc(N(C)S(C)(=O)=O)cc1. The molecule has 152 valence electrons. The van der Waals surface area contributed by atoms with Gasteiger partial charge in [-0.05, 0) is 57.2 Å². The quantitative estimate of drug-likeness (QED) is 0.727. The highest BCUT2D eigenvalue weighted by Gasteiger charge is 2.18. The van der Waals surface area contributed by atoms with Crippen molar-refractivity contribution in [3.8, 4) is 11.5 Å². The Morgan fingerprint density at radius 3 is 2.18 bits per heavy atom. The van der Waals surface area contributed by atoms with Crippen molar-refractivity contribution in [2.45, 2.75) is 33.0 Å². The molecule has 0 saturated heterocycles. The van der Waals surface area contributed by atoms with Crippen molar-refractivity contribution in [1.82, 2.24) is 0 Å². The van der Waals surface area contributed by atoms with E-state index in [-0.39, 0.29) is 12.0 Å². The van der Waals surface area contributed by atoms with Gasteiger partial charge in [0, 0.05) is 7.05 Å². The van der Waals surface area contributed by atoms with E-state index in [1.165, 1.54) is 11.4 Å². The molecular formula is C20H26N2O5S. The molecule has 7 nitrogen and oxygen atoms in total. The van der Waals surface area contributed by atoms with Gasteiger partial charge in [0.05, 0.1) is 23.7 Å². The summed E-state index contributed by atoms with van der Waals surface area (Å²) in [6.45, 7) is 5.46. The summed E-state index contributed by atoms with van der Waals surface area (Å²) in [4.78, 5) is 12.5. The fourth-order valence-electron chi connectivity index (χ4n) is 2.34. The van der Waals surface area contributed by atoms with Crippen LogP contribution in [0.4, 0.5) is 11.4 Å². The number of ether oxygens (including phenoxy) is 2. The van der Waals surface area contributed by atoms with Gasteiger partial charge in [0.25, 0.3) is 5.91 Å². The molecule has 0 aliphatic heterocycles. The van der Waals surface area contributed by atoms with Gasteiger partial charge < -0.3 is 14.8 Å². The van der Waals surface area contributed by atoms with Gasteiger partial charge in [-0.15, -0.1) is 0 Å². The van der Waals surface area contributed by atoms with Crippen molar-refractivity contribution in [3.05, 3.63) is 48.5 Å². The molecule has 2 rings (SSSR count). The molecular weight excluding hydrogens is 380 g/mol. The van der Waals surface area contributed by atoms with Crippen molar-refractivity contribution < 1.29 is 22.7 Å². The van der Waals surface area contributed by atoms with Gasteiger partial charge >= 0.3 is 0 Å². The van der Waals surface area contributed by atoms with Crippen molar-refractivity contribution in [2.75, 3.05) is 22.9 Å². The van der Waals surface area contributed by atoms with E-state index in [0.717, 1.165) is 6.26 Å². The lowest BCUT2D eigenvalue weighted by Gasteiger charge is -2.19. The second-order valence-electron chi connectivity index (χ2n) is 6.64.